The van der Waals surface area contributed by atoms with Crippen molar-refractivity contribution in [2.45, 2.75) is 37.5 Å². The molecule has 0 aromatic heterocycles. The van der Waals surface area contributed by atoms with Crippen LogP contribution in [0.5, 0.6) is 0 Å². The molecule has 2 aliphatic rings. The molecular formula is C12H25N3O. The highest BCUT2D eigenvalue weighted by Gasteiger charge is 2.32. The molecule has 4 heteroatoms. The third-order valence-electron chi connectivity index (χ3n) is 3.70. The SMILES string of the molecule is CN(C)CC1CC(O)CN1CC1CCCN1. The standard InChI is InChI=1S/C12H25N3O/c1-14(2)8-11-6-12(16)9-15(11)7-10-4-3-5-13-10/h10-13,16H,3-9H2,1-2H3. The molecule has 0 bridgehead atoms. The van der Waals surface area contributed by atoms with Crippen molar-refractivity contribution in [2.24, 2.45) is 0 Å². The number of aliphatic hydroxyl groups is 1. The zero-order chi connectivity index (χ0) is 11.5. The van der Waals surface area contributed by atoms with E-state index in [9.17, 15) is 5.11 Å². The molecule has 0 radical (unpaired) electrons. The van der Waals surface area contributed by atoms with Crippen LogP contribution in [0.15, 0.2) is 0 Å². The summed E-state index contributed by atoms with van der Waals surface area (Å²) in [6.07, 6.45) is 3.41. The van der Waals surface area contributed by atoms with Gasteiger partial charge in [0, 0.05) is 31.7 Å². The number of likely N-dealkylation sites (tertiary alicyclic amines) is 1. The second-order valence-electron chi connectivity index (χ2n) is 5.55. The Morgan fingerprint density at radius 3 is 2.88 bits per heavy atom. The van der Waals surface area contributed by atoms with Crippen LogP contribution in [0, 0.1) is 0 Å². The number of aliphatic hydroxyl groups excluding tert-OH is 1. The average molecular weight is 227 g/mol. The lowest BCUT2D eigenvalue weighted by atomic mass is 10.1. The number of hydrogen-bond acceptors (Lipinski definition) is 4. The lowest BCUT2D eigenvalue weighted by Gasteiger charge is -2.28. The first-order valence-corrected chi connectivity index (χ1v) is 6.45. The molecule has 3 atom stereocenters. The highest BCUT2D eigenvalue weighted by Crippen LogP contribution is 2.20. The van der Waals surface area contributed by atoms with Crippen LogP contribution in [0.25, 0.3) is 0 Å². The fourth-order valence-electron chi connectivity index (χ4n) is 2.99. The van der Waals surface area contributed by atoms with Crippen LogP contribution in [-0.4, -0.2) is 73.4 Å². The number of likely N-dealkylation sites (N-methyl/N-ethyl adjacent to an activating group) is 1. The number of nitrogens with zero attached hydrogens (tertiary/aromatic N) is 2. The van der Waals surface area contributed by atoms with Gasteiger partial charge < -0.3 is 15.3 Å². The second-order valence-corrected chi connectivity index (χ2v) is 5.55. The predicted octanol–water partition coefficient (Wildman–Crippen LogP) is -0.265. The Bertz CT molecular complexity index is 216. The molecule has 4 nitrogen and oxygen atoms in total. The molecule has 3 unspecified atom stereocenters. The molecule has 0 aromatic rings. The maximum Gasteiger partial charge on any atom is 0.0682 e. The first kappa shape index (κ1) is 12.3. The summed E-state index contributed by atoms with van der Waals surface area (Å²) in [7, 11) is 4.22. The summed E-state index contributed by atoms with van der Waals surface area (Å²) in [6.45, 7) is 4.19. The summed E-state index contributed by atoms with van der Waals surface area (Å²) < 4.78 is 0. The monoisotopic (exact) mass is 227 g/mol. The van der Waals surface area contributed by atoms with E-state index < -0.39 is 0 Å². The topological polar surface area (TPSA) is 38.7 Å². The molecule has 0 aromatic carbocycles. The van der Waals surface area contributed by atoms with Crippen molar-refractivity contribution in [3.63, 3.8) is 0 Å². The maximum absolute atomic E-state index is 9.78. The summed E-state index contributed by atoms with van der Waals surface area (Å²) >= 11 is 0. The normalized spacial score (nSPS) is 36.4. The van der Waals surface area contributed by atoms with Gasteiger partial charge in [-0.15, -0.1) is 0 Å². The molecule has 0 saturated carbocycles. The minimum atomic E-state index is -0.119. The molecule has 0 spiro atoms. The van der Waals surface area contributed by atoms with Gasteiger partial charge in [0.15, 0.2) is 0 Å². The second kappa shape index (κ2) is 5.45. The number of β-amino-alcohol motifs (C(OH)–C–C–N with tert-alkyl or cyclic N) is 1. The molecule has 2 heterocycles. The highest BCUT2D eigenvalue weighted by atomic mass is 16.3. The van der Waals surface area contributed by atoms with Crippen molar-refractivity contribution in [3.05, 3.63) is 0 Å². The third kappa shape index (κ3) is 3.17. The van der Waals surface area contributed by atoms with Gasteiger partial charge in [-0.1, -0.05) is 0 Å². The van der Waals surface area contributed by atoms with E-state index >= 15 is 0 Å². The fraction of sp³-hybridized carbons (Fsp3) is 1.00. The molecule has 2 saturated heterocycles. The Balaban J connectivity index is 1.84. The van der Waals surface area contributed by atoms with Crippen LogP contribution in [0.2, 0.25) is 0 Å². The lowest BCUT2D eigenvalue weighted by Crippen LogP contribution is -2.44. The van der Waals surface area contributed by atoms with E-state index in [2.05, 4.69) is 29.2 Å². The van der Waals surface area contributed by atoms with Crippen molar-refractivity contribution in [3.8, 4) is 0 Å². The van der Waals surface area contributed by atoms with Crippen LogP contribution < -0.4 is 5.32 Å². The minimum Gasteiger partial charge on any atom is -0.392 e. The van der Waals surface area contributed by atoms with Crippen LogP contribution in [0.1, 0.15) is 19.3 Å². The van der Waals surface area contributed by atoms with Crippen LogP contribution in [0.3, 0.4) is 0 Å². The largest absolute Gasteiger partial charge is 0.392 e. The molecular weight excluding hydrogens is 202 g/mol. The van der Waals surface area contributed by atoms with Gasteiger partial charge in [-0.2, -0.15) is 0 Å². The summed E-state index contributed by atoms with van der Waals surface area (Å²) in [5.74, 6) is 0. The Hall–Kier alpha value is -0.160. The van der Waals surface area contributed by atoms with E-state index in [1.165, 1.54) is 19.4 Å². The van der Waals surface area contributed by atoms with Crippen molar-refractivity contribution in [1.29, 1.82) is 0 Å². The van der Waals surface area contributed by atoms with Gasteiger partial charge in [0.25, 0.3) is 0 Å². The molecule has 0 amide bonds. The van der Waals surface area contributed by atoms with Crippen molar-refractivity contribution in [2.75, 3.05) is 40.3 Å². The highest BCUT2D eigenvalue weighted by molar-refractivity contribution is 4.89. The van der Waals surface area contributed by atoms with Gasteiger partial charge in [-0.25, -0.2) is 0 Å². The zero-order valence-electron chi connectivity index (χ0n) is 10.5. The molecule has 2 aliphatic heterocycles. The molecule has 2 N–H and O–H groups in total. The summed E-state index contributed by atoms with van der Waals surface area (Å²) in [4.78, 5) is 4.69. The Labute approximate surface area is 98.6 Å². The molecule has 2 fully saturated rings. The van der Waals surface area contributed by atoms with Gasteiger partial charge in [-0.3, -0.25) is 4.90 Å². The van der Waals surface area contributed by atoms with E-state index in [1.807, 2.05) is 0 Å². The first-order valence-electron chi connectivity index (χ1n) is 6.45. The number of rotatable bonds is 4. The van der Waals surface area contributed by atoms with E-state index in [1.54, 1.807) is 0 Å². The quantitative estimate of drug-likeness (QED) is 0.694. The zero-order valence-corrected chi connectivity index (χ0v) is 10.5. The minimum absolute atomic E-state index is 0.119. The van der Waals surface area contributed by atoms with E-state index in [0.717, 1.165) is 26.1 Å². The van der Waals surface area contributed by atoms with E-state index in [4.69, 9.17) is 0 Å². The molecule has 94 valence electrons. The Morgan fingerprint density at radius 2 is 2.25 bits per heavy atom. The van der Waals surface area contributed by atoms with Gasteiger partial charge in [-0.05, 0) is 39.9 Å². The number of hydrogen-bond donors (Lipinski definition) is 2. The van der Waals surface area contributed by atoms with Crippen LogP contribution >= 0.6 is 0 Å². The smallest absolute Gasteiger partial charge is 0.0682 e. The van der Waals surface area contributed by atoms with E-state index in [0.29, 0.717) is 12.1 Å². The van der Waals surface area contributed by atoms with Crippen molar-refractivity contribution in [1.82, 2.24) is 15.1 Å². The molecule has 16 heavy (non-hydrogen) atoms. The van der Waals surface area contributed by atoms with Gasteiger partial charge in [0.2, 0.25) is 0 Å². The predicted molar refractivity (Wildman–Crippen MR) is 65.6 cm³/mol. The fourth-order valence-corrected chi connectivity index (χ4v) is 2.99. The average Bonchev–Trinajstić information content (AvgIpc) is 2.77. The van der Waals surface area contributed by atoms with Crippen LogP contribution in [-0.2, 0) is 0 Å². The summed E-state index contributed by atoms with van der Waals surface area (Å²) in [5.41, 5.74) is 0. The van der Waals surface area contributed by atoms with Gasteiger partial charge in [0.05, 0.1) is 6.10 Å². The summed E-state index contributed by atoms with van der Waals surface area (Å²) in [6, 6.07) is 1.18. The maximum atomic E-state index is 9.78. The van der Waals surface area contributed by atoms with Crippen molar-refractivity contribution < 1.29 is 5.11 Å². The van der Waals surface area contributed by atoms with Crippen molar-refractivity contribution >= 4 is 0 Å². The van der Waals surface area contributed by atoms with E-state index in [-0.39, 0.29) is 6.10 Å². The molecule has 2 rings (SSSR count). The summed E-state index contributed by atoms with van der Waals surface area (Å²) in [5, 5.41) is 13.3. The van der Waals surface area contributed by atoms with Crippen LogP contribution in [0.4, 0.5) is 0 Å². The Kier molecular flexibility index (Phi) is 4.19. The lowest BCUT2D eigenvalue weighted by molar-refractivity contribution is 0.166. The number of nitrogens with one attached hydrogen (secondary N) is 1. The van der Waals surface area contributed by atoms with Gasteiger partial charge >= 0.3 is 0 Å². The third-order valence-corrected chi connectivity index (χ3v) is 3.70. The first-order chi connectivity index (χ1) is 7.65. The molecule has 0 aliphatic carbocycles. The van der Waals surface area contributed by atoms with Gasteiger partial charge in [0.1, 0.15) is 0 Å². The Morgan fingerprint density at radius 1 is 1.44 bits per heavy atom.